The van der Waals surface area contributed by atoms with Gasteiger partial charge in [0.05, 0.1) is 40.1 Å². The number of carbonyl (C=O) groups is 3. The lowest BCUT2D eigenvalue weighted by molar-refractivity contribution is -0.144. The van der Waals surface area contributed by atoms with Crippen LogP contribution in [0, 0.1) is 24.2 Å². The zero-order valence-electron chi connectivity index (χ0n) is 37.1. The van der Waals surface area contributed by atoms with Crippen molar-refractivity contribution in [1.29, 1.82) is 0 Å². The molecule has 16 heteroatoms. The van der Waals surface area contributed by atoms with Gasteiger partial charge in [-0.15, -0.1) is 21.5 Å². The van der Waals surface area contributed by atoms with Crippen molar-refractivity contribution < 1.29 is 24.6 Å². The fourth-order valence-electron chi connectivity index (χ4n) is 9.51. The molecule has 2 aliphatic heterocycles. The molecule has 2 aromatic carbocycles. The monoisotopic (exact) mass is 888 g/mol. The fourth-order valence-corrected chi connectivity index (χ4v) is 10.3. The van der Waals surface area contributed by atoms with E-state index in [1.807, 2.05) is 86.7 Å². The van der Waals surface area contributed by atoms with Gasteiger partial charge in [0.25, 0.3) is 0 Å². The molecule has 3 aliphatic rings. The van der Waals surface area contributed by atoms with Crippen LogP contribution >= 0.6 is 11.3 Å². The quantitative estimate of drug-likeness (QED) is 0.0986. The van der Waals surface area contributed by atoms with Crippen molar-refractivity contribution in [1.82, 2.24) is 45.4 Å². The topological polar surface area (TPSA) is 205 Å². The molecule has 1 saturated carbocycles. The van der Waals surface area contributed by atoms with Crippen LogP contribution < -0.4 is 16.4 Å². The molecule has 0 unspecified atom stereocenters. The first-order chi connectivity index (χ1) is 30.7. The number of aliphatic hydroxyl groups is 1. The summed E-state index contributed by atoms with van der Waals surface area (Å²) in [5, 5.41) is 40.2. The number of thiazole rings is 1. The van der Waals surface area contributed by atoms with Crippen LogP contribution in [0.5, 0.6) is 5.75 Å². The molecule has 15 nitrogen and oxygen atoms in total. The lowest BCUT2D eigenvalue weighted by Crippen LogP contribution is -2.58. The summed E-state index contributed by atoms with van der Waals surface area (Å²) in [5.74, 6) is -0.0641. The van der Waals surface area contributed by atoms with Gasteiger partial charge in [0.2, 0.25) is 17.7 Å². The minimum atomic E-state index is -0.854. The summed E-state index contributed by atoms with van der Waals surface area (Å²) in [4.78, 5) is 51.1. The lowest BCUT2D eigenvalue weighted by atomic mass is 9.80. The van der Waals surface area contributed by atoms with E-state index < -0.39 is 23.6 Å². The summed E-state index contributed by atoms with van der Waals surface area (Å²) in [5.41, 5.74) is 13.1. The van der Waals surface area contributed by atoms with Gasteiger partial charge in [0.1, 0.15) is 17.8 Å². The summed E-state index contributed by atoms with van der Waals surface area (Å²) in [6.45, 7) is 11.0. The van der Waals surface area contributed by atoms with Crippen molar-refractivity contribution in [2.75, 3.05) is 31.9 Å². The summed E-state index contributed by atoms with van der Waals surface area (Å²) in [7, 11) is 0. The molecule has 1 aliphatic carbocycles. The third kappa shape index (κ3) is 10.1. The van der Waals surface area contributed by atoms with E-state index in [4.69, 9.17) is 10.8 Å². The van der Waals surface area contributed by atoms with E-state index in [1.54, 1.807) is 29.5 Å². The number of anilines is 1. The Hall–Kier alpha value is -5.71. The number of para-hydroxylation sites is 1. The number of hydrogen-bond donors (Lipinski definition) is 5. The molecule has 3 aromatic heterocycles. The maximum Gasteiger partial charge on any atom is 0.246 e. The Bertz CT molecular complexity index is 2430. The number of rotatable bonds is 12. The van der Waals surface area contributed by atoms with Gasteiger partial charge in [-0.1, -0.05) is 57.2 Å². The SMILES string of the molecule is Cc1ncsc1-c1ccc(CNC(=O)[C@@H]2C[C@@H](O)CN2C(=O)[C@@H](NC(=O)C2CCC(CN3CCC(n4cc(-c5cc(-c6ccccc6O)nnc5N)cn4)CC3)CC2)C(C)(C)C)cc1. The van der Waals surface area contributed by atoms with E-state index in [-0.39, 0.29) is 54.9 Å². The van der Waals surface area contributed by atoms with Gasteiger partial charge >= 0.3 is 0 Å². The third-order valence-electron chi connectivity index (χ3n) is 13.3. The minimum absolute atomic E-state index is 0.0365. The first-order valence-electron chi connectivity index (χ1n) is 22.5. The fraction of sp³-hybridized carbons (Fsp3) is 0.479. The van der Waals surface area contributed by atoms with Crippen LogP contribution in [0.15, 0.2) is 72.5 Å². The number of aliphatic hydroxyl groups excluding tert-OH is 1. The molecule has 3 atom stereocenters. The Morgan fingerprint density at radius 3 is 2.36 bits per heavy atom. The Labute approximate surface area is 378 Å². The van der Waals surface area contributed by atoms with Crippen LogP contribution in [0.3, 0.4) is 0 Å². The Morgan fingerprint density at radius 1 is 0.938 bits per heavy atom. The summed E-state index contributed by atoms with van der Waals surface area (Å²) in [6.07, 6.45) is 8.45. The van der Waals surface area contributed by atoms with Crippen LogP contribution in [-0.4, -0.2) is 107 Å². The van der Waals surface area contributed by atoms with E-state index in [9.17, 15) is 24.6 Å². The van der Waals surface area contributed by atoms with Crippen molar-refractivity contribution in [2.24, 2.45) is 17.3 Å². The normalized spacial score (nSPS) is 21.4. The summed E-state index contributed by atoms with van der Waals surface area (Å²) >= 11 is 1.59. The number of β-amino-alcohol motifs (C(OH)–C–C–N with tert-alkyl or cyclic N) is 1. The van der Waals surface area contributed by atoms with Crippen molar-refractivity contribution in [2.45, 2.75) is 103 Å². The van der Waals surface area contributed by atoms with E-state index in [1.165, 1.54) is 4.90 Å². The van der Waals surface area contributed by atoms with E-state index in [0.29, 0.717) is 23.0 Å². The number of hydrogen-bond acceptors (Lipinski definition) is 12. The van der Waals surface area contributed by atoms with E-state index in [2.05, 4.69) is 30.7 Å². The van der Waals surface area contributed by atoms with Crippen LogP contribution in [-0.2, 0) is 20.9 Å². The van der Waals surface area contributed by atoms with Gasteiger partial charge in [0.15, 0.2) is 5.82 Å². The highest BCUT2D eigenvalue weighted by atomic mass is 32.1. The van der Waals surface area contributed by atoms with Crippen LogP contribution in [0.25, 0.3) is 32.8 Å². The molecule has 64 heavy (non-hydrogen) atoms. The van der Waals surface area contributed by atoms with Gasteiger partial charge in [-0.05, 0) is 86.1 Å². The molecular weight excluding hydrogens is 829 g/mol. The smallest absolute Gasteiger partial charge is 0.246 e. The first kappa shape index (κ1) is 44.9. The standard InChI is InChI=1S/C48H60N10O5S/c1-29-42(64-28-51-29)32-13-9-30(10-14-32)23-50-46(62)40-21-36(59)27-57(40)47(63)43(48(2,3)4)53-45(61)33-15-11-31(12-16-33)25-56-19-17-35(18-20-56)58-26-34(24-52-58)38-22-39(54-55-44(38)49)37-7-5-6-8-41(37)60/h5-10,13-14,22,24,26,28,31,33,35-36,40,43,59-60H,11-12,15-21,23,25,27H2,1-4H3,(H2,49,55)(H,50,62)(H,53,61)/t31?,33?,36-,40+,43-/m1/s1. The number of nitrogens with one attached hydrogen (secondary N) is 2. The predicted octanol–water partition coefficient (Wildman–Crippen LogP) is 5.98. The molecule has 3 fully saturated rings. The Kier molecular flexibility index (Phi) is 13.4. The van der Waals surface area contributed by atoms with Crippen molar-refractivity contribution in [3.63, 3.8) is 0 Å². The van der Waals surface area contributed by atoms with Crippen LogP contribution in [0.1, 0.15) is 83.0 Å². The number of benzene rings is 2. The number of amides is 3. The molecular formula is C48H60N10O5S. The molecule has 3 amide bonds. The average Bonchev–Trinajstić information content (AvgIpc) is 4.05. The van der Waals surface area contributed by atoms with Gasteiger partial charge in [-0.25, -0.2) is 4.98 Å². The second-order valence-corrected chi connectivity index (χ2v) is 19.7. The second kappa shape index (κ2) is 19.2. The number of piperidine rings is 1. The number of aryl methyl sites for hydroxylation is 1. The van der Waals surface area contributed by atoms with Crippen molar-refractivity contribution in [3.8, 4) is 38.6 Å². The number of phenolic OH excluding ortho intramolecular Hbond substituents is 1. The molecule has 5 heterocycles. The molecule has 5 aromatic rings. The summed E-state index contributed by atoms with van der Waals surface area (Å²) in [6, 6.07) is 15.4. The maximum atomic E-state index is 14.2. The molecule has 0 radical (unpaired) electrons. The minimum Gasteiger partial charge on any atom is -0.507 e. The Morgan fingerprint density at radius 2 is 1.67 bits per heavy atom. The van der Waals surface area contributed by atoms with Gasteiger partial charge in [-0.3, -0.25) is 19.1 Å². The molecule has 6 N–H and O–H groups in total. The largest absolute Gasteiger partial charge is 0.507 e. The van der Waals surface area contributed by atoms with Gasteiger partial charge in [0, 0.05) is 67.9 Å². The molecule has 2 saturated heterocycles. The average molecular weight is 889 g/mol. The number of likely N-dealkylation sites (tertiary alicyclic amines) is 2. The zero-order chi connectivity index (χ0) is 45.1. The van der Waals surface area contributed by atoms with Gasteiger partial charge in [-0.2, -0.15) is 5.10 Å². The first-order valence-corrected chi connectivity index (χ1v) is 23.3. The molecule has 338 valence electrons. The zero-order valence-corrected chi connectivity index (χ0v) is 37.9. The lowest BCUT2D eigenvalue weighted by Gasteiger charge is -2.38. The number of aromatic nitrogens is 5. The number of nitrogen functional groups attached to an aromatic ring is 1. The third-order valence-corrected chi connectivity index (χ3v) is 14.3. The predicted molar refractivity (Wildman–Crippen MR) is 247 cm³/mol. The van der Waals surface area contributed by atoms with Gasteiger partial charge < -0.3 is 36.4 Å². The Balaban J connectivity index is 0.801. The highest BCUT2D eigenvalue weighted by Crippen LogP contribution is 2.35. The van der Waals surface area contributed by atoms with Crippen molar-refractivity contribution >= 4 is 34.9 Å². The summed E-state index contributed by atoms with van der Waals surface area (Å²) < 4.78 is 2.03. The van der Waals surface area contributed by atoms with Crippen LogP contribution in [0.2, 0.25) is 0 Å². The highest BCUT2D eigenvalue weighted by Gasteiger charge is 2.45. The molecule has 0 bridgehead atoms. The van der Waals surface area contributed by atoms with E-state index >= 15 is 0 Å². The number of carbonyl (C=O) groups excluding carboxylic acids is 3. The number of phenols is 1. The van der Waals surface area contributed by atoms with Crippen LogP contribution in [0.4, 0.5) is 5.82 Å². The second-order valence-electron chi connectivity index (χ2n) is 18.9. The number of nitrogens with two attached hydrogens (primary N) is 1. The molecule has 8 rings (SSSR count). The van der Waals surface area contributed by atoms with E-state index in [0.717, 1.165) is 91.0 Å². The number of nitrogens with zero attached hydrogens (tertiary/aromatic N) is 7. The number of aromatic hydroxyl groups is 1. The highest BCUT2D eigenvalue weighted by molar-refractivity contribution is 7.13. The molecule has 0 spiro atoms. The van der Waals surface area contributed by atoms with Crippen molar-refractivity contribution in [3.05, 3.63) is 83.8 Å². The maximum absolute atomic E-state index is 14.2.